The Labute approximate surface area is 180 Å². The molecule has 0 saturated heterocycles. The van der Waals surface area contributed by atoms with E-state index in [1.165, 1.54) is 25.7 Å². The van der Waals surface area contributed by atoms with E-state index in [4.69, 9.17) is 5.26 Å². The molecule has 0 radical (unpaired) electrons. The molecule has 1 aliphatic rings. The van der Waals surface area contributed by atoms with Crippen molar-refractivity contribution in [2.75, 3.05) is 0 Å². The monoisotopic (exact) mass is 422 g/mol. The molecular formula is C25H24F2N2S. The summed E-state index contributed by atoms with van der Waals surface area (Å²) in [5.41, 5.74) is 3.94. The van der Waals surface area contributed by atoms with Gasteiger partial charge in [-0.05, 0) is 43.2 Å². The summed E-state index contributed by atoms with van der Waals surface area (Å²) in [6.45, 7) is 4.02. The summed E-state index contributed by atoms with van der Waals surface area (Å²) in [5, 5.41) is 8.77. The lowest BCUT2D eigenvalue weighted by Gasteiger charge is -2.07. The highest BCUT2D eigenvalue weighted by Crippen LogP contribution is 2.34. The topological polar surface area (TPSA) is 39.6 Å². The minimum atomic E-state index is -0.720. The van der Waals surface area contributed by atoms with Crippen LogP contribution in [0.1, 0.15) is 49.3 Å². The molecule has 1 fully saturated rings. The standard InChI is InChI=1S/C21H16F2N2S.C4H8/c1-3-5-14-6-4-7-17(13(14)2)20-9-16(12-25-20)26-21-10-18(22)15(11-24)8-19(21)23;1-2-4-3-1/h3-10,12,25H,1-2H3;1-4H2/b5-3-;. The SMILES string of the molecule is C/C=C\c1cccc(-c2cc(Sc3cc(F)c(C#N)cc3F)c[nH]2)c1C.C1CCC1. The molecule has 154 valence electrons. The Morgan fingerprint density at radius 1 is 1.07 bits per heavy atom. The summed E-state index contributed by atoms with van der Waals surface area (Å²) in [5.74, 6) is -1.33. The van der Waals surface area contributed by atoms with Crippen LogP contribution in [-0.4, -0.2) is 4.98 Å². The molecule has 3 aromatic rings. The van der Waals surface area contributed by atoms with E-state index in [0.29, 0.717) is 0 Å². The number of allylic oxidation sites excluding steroid dienone is 1. The second-order valence-electron chi connectivity index (χ2n) is 7.16. The van der Waals surface area contributed by atoms with Crippen LogP contribution in [0.2, 0.25) is 0 Å². The lowest BCUT2D eigenvalue weighted by molar-refractivity contribution is 0.504. The number of benzene rings is 2. The second kappa shape index (κ2) is 10.3. The Balaban J connectivity index is 0.000000572. The number of nitriles is 1. The molecule has 1 aliphatic carbocycles. The number of hydrogen-bond acceptors (Lipinski definition) is 2. The van der Waals surface area contributed by atoms with Gasteiger partial charge in [-0.1, -0.05) is 67.8 Å². The van der Waals surface area contributed by atoms with Gasteiger partial charge in [0, 0.05) is 22.3 Å². The number of nitrogens with one attached hydrogen (secondary N) is 1. The maximum Gasteiger partial charge on any atom is 0.142 e. The van der Waals surface area contributed by atoms with Crippen molar-refractivity contribution in [1.82, 2.24) is 4.98 Å². The largest absolute Gasteiger partial charge is 0.360 e. The number of nitrogens with zero attached hydrogens (tertiary/aromatic N) is 1. The van der Waals surface area contributed by atoms with E-state index in [9.17, 15) is 8.78 Å². The fourth-order valence-corrected chi connectivity index (χ4v) is 3.83. The zero-order chi connectivity index (χ0) is 21.5. The predicted molar refractivity (Wildman–Crippen MR) is 119 cm³/mol. The van der Waals surface area contributed by atoms with E-state index >= 15 is 0 Å². The van der Waals surface area contributed by atoms with Crippen molar-refractivity contribution in [2.24, 2.45) is 0 Å². The Morgan fingerprint density at radius 3 is 2.43 bits per heavy atom. The minimum Gasteiger partial charge on any atom is -0.360 e. The van der Waals surface area contributed by atoms with Crippen LogP contribution in [0.4, 0.5) is 8.78 Å². The molecule has 30 heavy (non-hydrogen) atoms. The van der Waals surface area contributed by atoms with Gasteiger partial charge in [0.2, 0.25) is 0 Å². The summed E-state index contributed by atoms with van der Waals surface area (Å²) in [4.78, 5) is 4.10. The number of aromatic nitrogens is 1. The van der Waals surface area contributed by atoms with Gasteiger partial charge in [-0.15, -0.1) is 0 Å². The molecular weight excluding hydrogens is 398 g/mol. The van der Waals surface area contributed by atoms with Gasteiger partial charge in [-0.2, -0.15) is 5.26 Å². The first-order valence-electron chi connectivity index (χ1n) is 10.0. The van der Waals surface area contributed by atoms with Crippen molar-refractivity contribution in [3.63, 3.8) is 0 Å². The quantitative estimate of drug-likeness (QED) is 0.464. The molecule has 1 aromatic heterocycles. The minimum absolute atomic E-state index is 0.145. The molecule has 0 bridgehead atoms. The van der Waals surface area contributed by atoms with Gasteiger partial charge in [0.25, 0.3) is 0 Å². The summed E-state index contributed by atoms with van der Waals surface area (Å²) < 4.78 is 27.8. The van der Waals surface area contributed by atoms with Gasteiger partial charge in [0.1, 0.15) is 17.7 Å². The van der Waals surface area contributed by atoms with Gasteiger partial charge in [0.15, 0.2) is 0 Å². The molecule has 0 unspecified atom stereocenters. The zero-order valence-corrected chi connectivity index (χ0v) is 18.0. The van der Waals surface area contributed by atoms with Crippen LogP contribution >= 0.6 is 11.8 Å². The van der Waals surface area contributed by atoms with Gasteiger partial charge in [-0.25, -0.2) is 8.78 Å². The molecule has 0 spiro atoms. The first-order valence-corrected chi connectivity index (χ1v) is 10.8. The summed E-state index contributed by atoms with van der Waals surface area (Å²) >= 11 is 1.11. The Kier molecular flexibility index (Phi) is 7.48. The third-order valence-corrected chi connectivity index (χ3v) is 6.04. The number of rotatable bonds is 4. The smallest absolute Gasteiger partial charge is 0.142 e. The third kappa shape index (κ3) is 5.20. The molecule has 1 saturated carbocycles. The lowest BCUT2D eigenvalue weighted by atomic mass is 10.00. The molecule has 2 nitrogen and oxygen atoms in total. The molecule has 1 heterocycles. The van der Waals surface area contributed by atoms with Crippen LogP contribution in [0, 0.1) is 29.9 Å². The molecule has 2 aromatic carbocycles. The van der Waals surface area contributed by atoms with E-state index in [1.54, 1.807) is 12.3 Å². The molecule has 0 atom stereocenters. The van der Waals surface area contributed by atoms with Gasteiger partial charge >= 0.3 is 0 Å². The number of hydrogen-bond donors (Lipinski definition) is 1. The van der Waals surface area contributed by atoms with E-state index < -0.39 is 11.6 Å². The fourth-order valence-electron chi connectivity index (χ4n) is 2.96. The van der Waals surface area contributed by atoms with Crippen molar-refractivity contribution >= 4 is 17.8 Å². The third-order valence-electron chi connectivity index (χ3n) is 5.04. The maximum atomic E-state index is 14.1. The molecule has 0 amide bonds. The van der Waals surface area contributed by atoms with Crippen molar-refractivity contribution in [3.05, 3.63) is 77.0 Å². The zero-order valence-electron chi connectivity index (χ0n) is 17.1. The lowest BCUT2D eigenvalue weighted by Crippen LogP contribution is -1.89. The van der Waals surface area contributed by atoms with Gasteiger partial charge in [0.05, 0.1) is 10.5 Å². The Hall–Kier alpha value is -2.84. The summed E-state index contributed by atoms with van der Waals surface area (Å²) in [6, 6.07) is 11.6. The predicted octanol–water partition coefficient (Wildman–Crippen LogP) is 7.88. The first kappa shape index (κ1) is 21.9. The summed E-state index contributed by atoms with van der Waals surface area (Å²) in [6.07, 6.45) is 11.8. The molecule has 5 heteroatoms. The van der Waals surface area contributed by atoms with Crippen molar-refractivity contribution in [2.45, 2.75) is 49.3 Å². The van der Waals surface area contributed by atoms with Crippen molar-refractivity contribution in [3.8, 4) is 17.3 Å². The van der Waals surface area contributed by atoms with Crippen LogP contribution in [0.3, 0.4) is 0 Å². The highest BCUT2D eigenvalue weighted by molar-refractivity contribution is 7.99. The highest BCUT2D eigenvalue weighted by Gasteiger charge is 2.13. The molecule has 0 aliphatic heterocycles. The van der Waals surface area contributed by atoms with Crippen molar-refractivity contribution in [1.29, 1.82) is 5.26 Å². The van der Waals surface area contributed by atoms with Crippen LogP contribution in [0.5, 0.6) is 0 Å². The average Bonchev–Trinajstić information content (AvgIpc) is 3.13. The molecule has 1 N–H and O–H groups in total. The Bertz CT molecular complexity index is 1090. The van der Waals surface area contributed by atoms with E-state index in [-0.39, 0.29) is 10.5 Å². The Morgan fingerprint density at radius 2 is 1.80 bits per heavy atom. The van der Waals surface area contributed by atoms with Crippen molar-refractivity contribution < 1.29 is 8.78 Å². The van der Waals surface area contributed by atoms with Gasteiger partial charge in [-0.3, -0.25) is 0 Å². The molecule has 4 rings (SSSR count). The van der Waals surface area contributed by atoms with Crippen LogP contribution < -0.4 is 0 Å². The van der Waals surface area contributed by atoms with E-state index in [1.807, 2.05) is 50.3 Å². The highest BCUT2D eigenvalue weighted by atomic mass is 32.2. The van der Waals surface area contributed by atoms with Crippen LogP contribution in [0.15, 0.2) is 58.5 Å². The van der Waals surface area contributed by atoms with Gasteiger partial charge < -0.3 is 4.98 Å². The second-order valence-corrected chi connectivity index (χ2v) is 8.27. The average molecular weight is 423 g/mol. The van der Waals surface area contributed by atoms with E-state index in [0.717, 1.165) is 51.2 Å². The maximum absolute atomic E-state index is 14.1. The summed E-state index contributed by atoms with van der Waals surface area (Å²) in [7, 11) is 0. The fraction of sp³-hybridized carbons (Fsp3) is 0.240. The number of halogens is 2. The van der Waals surface area contributed by atoms with Crippen LogP contribution in [-0.2, 0) is 0 Å². The first-order chi connectivity index (χ1) is 14.5. The normalized spacial score (nSPS) is 12.8. The van der Waals surface area contributed by atoms with E-state index in [2.05, 4.69) is 4.98 Å². The number of H-pyrrole nitrogens is 1. The number of aromatic amines is 1. The van der Waals surface area contributed by atoms with Crippen LogP contribution in [0.25, 0.3) is 17.3 Å².